The number of hydrogen-bond acceptors (Lipinski definition) is 5. The molecule has 5 rings (SSSR count). The van der Waals surface area contributed by atoms with Crippen molar-refractivity contribution < 1.29 is 23.1 Å². The summed E-state index contributed by atoms with van der Waals surface area (Å²) < 4.78 is 41.8. The fourth-order valence-corrected chi connectivity index (χ4v) is 4.83. The zero-order chi connectivity index (χ0) is 23.3. The second-order valence-corrected chi connectivity index (χ2v) is 9.23. The van der Waals surface area contributed by atoms with E-state index in [1.165, 1.54) is 28.6 Å². The van der Waals surface area contributed by atoms with Gasteiger partial charge in [-0.3, -0.25) is 9.48 Å². The minimum absolute atomic E-state index is 0.0193. The van der Waals surface area contributed by atoms with Gasteiger partial charge in [0.1, 0.15) is 0 Å². The van der Waals surface area contributed by atoms with Gasteiger partial charge in [0.05, 0.1) is 34.8 Å². The lowest BCUT2D eigenvalue weighted by Gasteiger charge is -2.36. The summed E-state index contributed by atoms with van der Waals surface area (Å²) in [6.45, 7) is 0.853. The van der Waals surface area contributed by atoms with Crippen LogP contribution in [0.4, 0.5) is 13.2 Å². The maximum Gasteiger partial charge on any atom is 0.416 e. The first-order valence-electron chi connectivity index (χ1n) is 9.94. The van der Waals surface area contributed by atoms with Crippen LogP contribution in [0.2, 0.25) is 5.02 Å². The highest BCUT2D eigenvalue weighted by molar-refractivity contribution is 8.18. The molecule has 0 bridgehead atoms. The third-order valence-corrected chi connectivity index (χ3v) is 6.68. The zero-order valence-electron chi connectivity index (χ0n) is 16.9. The molecule has 0 saturated carbocycles. The number of carbonyl (C=O) groups excluding carboxylic acids is 1. The molecule has 2 aromatic carbocycles. The number of carbonyl (C=O) groups is 1. The van der Waals surface area contributed by atoms with Crippen molar-refractivity contribution in [3.8, 4) is 0 Å². The highest BCUT2D eigenvalue weighted by Gasteiger charge is 2.34. The van der Waals surface area contributed by atoms with Crippen LogP contribution in [0, 0.1) is 0 Å². The van der Waals surface area contributed by atoms with Crippen LogP contribution in [0.15, 0.2) is 52.5 Å². The number of thioether (sulfide) groups is 1. The van der Waals surface area contributed by atoms with E-state index >= 15 is 0 Å². The molecule has 1 amide bonds. The van der Waals surface area contributed by atoms with Gasteiger partial charge < -0.3 is 10.0 Å². The van der Waals surface area contributed by atoms with E-state index in [1.54, 1.807) is 24.4 Å². The minimum Gasteiger partial charge on any atom is -0.389 e. The largest absolute Gasteiger partial charge is 0.416 e. The molecule has 1 saturated heterocycles. The van der Waals surface area contributed by atoms with Gasteiger partial charge in [-0.1, -0.05) is 23.7 Å². The number of aliphatic hydroxyl groups excluding tert-OH is 1. The third kappa shape index (κ3) is 4.38. The van der Waals surface area contributed by atoms with Gasteiger partial charge in [-0.25, -0.2) is 0 Å². The first-order chi connectivity index (χ1) is 15.7. The normalized spacial score (nSPS) is 18.3. The number of β-amino-alcohol motifs (C(OH)–C–C–N with tert-alkyl or cyclic N) is 1. The molecule has 11 heteroatoms. The van der Waals surface area contributed by atoms with Gasteiger partial charge in [0, 0.05) is 23.5 Å². The van der Waals surface area contributed by atoms with Crippen LogP contribution in [0.5, 0.6) is 0 Å². The number of aromatic nitrogens is 2. The van der Waals surface area contributed by atoms with Crippen molar-refractivity contribution in [1.82, 2.24) is 14.7 Å². The molecule has 0 aliphatic carbocycles. The van der Waals surface area contributed by atoms with Crippen molar-refractivity contribution >= 4 is 51.4 Å². The molecule has 6 nitrogen and oxygen atoms in total. The molecule has 0 atom stereocenters. The molecule has 3 aromatic rings. The molecule has 2 aliphatic heterocycles. The Bertz CT molecular complexity index is 1330. The number of benzene rings is 2. The SMILES string of the molecule is O=C1N=C(N2CC(O)C2)SC1=Cc1ccc2c(cnn2Cc2ccc(Cl)cc2C(F)(F)F)c1. The van der Waals surface area contributed by atoms with E-state index in [2.05, 4.69) is 10.1 Å². The highest BCUT2D eigenvalue weighted by atomic mass is 35.5. The molecule has 170 valence electrons. The van der Waals surface area contributed by atoms with Crippen LogP contribution < -0.4 is 0 Å². The standard InChI is InChI=1S/C22H16ClF3N4O2S/c23-15-3-2-13(17(7-15)22(24,25)26)9-30-18-4-1-12(5-14(18)8-27-30)6-19-20(32)28-21(33-19)29-10-16(31)11-29/h1-8,16,31H,9-11H2. The van der Waals surface area contributed by atoms with Crippen LogP contribution in [-0.2, 0) is 17.5 Å². The van der Waals surface area contributed by atoms with Gasteiger partial charge in [0.15, 0.2) is 5.17 Å². The van der Waals surface area contributed by atoms with E-state index in [9.17, 15) is 23.1 Å². The second kappa shape index (κ2) is 8.19. The number of hydrogen-bond donors (Lipinski definition) is 1. The van der Waals surface area contributed by atoms with Crippen molar-refractivity contribution in [2.45, 2.75) is 18.8 Å². The van der Waals surface area contributed by atoms with Gasteiger partial charge in [-0.2, -0.15) is 23.3 Å². The fourth-order valence-electron chi connectivity index (χ4n) is 3.73. The minimum atomic E-state index is -4.52. The number of amides is 1. The van der Waals surface area contributed by atoms with Gasteiger partial charge in [0.2, 0.25) is 0 Å². The Morgan fingerprint density at radius 3 is 2.73 bits per heavy atom. The Morgan fingerprint density at radius 2 is 2.00 bits per heavy atom. The number of amidine groups is 1. The van der Waals surface area contributed by atoms with Crippen molar-refractivity contribution in [1.29, 1.82) is 0 Å². The second-order valence-electron chi connectivity index (χ2n) is 7.79. The van der Waals surface area contributed by atoms with Crippen molar-refractivity contribution in [2.24, 2.45) is 4.99 Å². The molecule has 3 heterocycles. The molecule has 0 radical (unpaired) electrons. The van der Waals surface area contributed by atoms with Crippen molar-refractivity contribution in [3.05, 3.63) is 69.2 Å². The van der Waals surface area contributed by atoms with Crippen molar-refractivity contribution in [3.63, 3.8) is 0 Å². The quantitative estimate of drug-likeness (QED) is 0.549. The smallest absolute Gasteiger partial charge is 0.389 e. The van der Waals surface area contributed by atoms with Crippen LogP contribution in [0.25, 0.3) is 17.0 Å². The topological polar surface area (TPSA) is 70.7 Å². The lowest BCUT2D eigenvalue weighted by molar-refractivity contribution is -0.138. The molecule has 1 fully saturated rings. The molecule has 0 unspecified atom stereocenters. The zero-order valence-corrected chi connectivity index (χ0v) is 18.5. The van der Waals surface area contributed by atoms with Crippen LogP contribution >= 0.6 is 23.4 Å². The molecule has 1 aromatic heterocycles. The molecule has 0 spiro atoms. The number of aliphatic imine (C=N–C) groups is 1. The summed E-state index contributed by atoms with van der Waals surface area (Å²) in [5.74, 6) is -0.338. The Morgan fingerprint density at radius 1 is 1.21 bits per heavy atom. The predicted molar refractivity (Wildman–Crippen MR) is 121 cm³/mol. The van der Waals surface area contributed by atoms with Gasteiger partial charge in [0.25, 0.3) is 5.91 Å². The number of nitrogens with zero attached hydrogens (tertiary/aromatic N) is 4. The summed E-state index contributed by atoms with van der Waals surface area (Å²) in [6.07, 6.45) is -1.62. The lowest BCUT2D eigenvalue weighted by atomic mass is 10.1. The van der Waals surface area contributed by atoms with E-state index < -0.39 is 17.8 Å². The molecule has 2 aliphatic rings. The molecular formula is C22H16ClF3N4O2S. The maximum absolute atomic E-state index is 13.4. The van der Waals surface area contributed by atoms with E-state index in [0.29, 0.717) is 28.7 Å². The molecule has 33 heavy (non-hydrogen) atoms. The first kappa shape index (κ1) is 22.0. The summed E-state index contributed by atoms with van der Waals surface area (Å²) in [7, 11) is 0. The van der Waals surface area contributed by atoms with E-state index in [-0.39, 0.29) is 23.0 Å². The Labute approximate surface area is 195 Å². The maximum atomic E-state index is 13.4. The summed E-state index contributed by atoms with van der Waals surface area (Å²) in [5, 5.41) is 15.0. The first-order valence-corrected chi connectivity index (χ1v) is 11.1. The van der Waals surface area contributed by atoms with E-state index in [0.717, 1.165) is 17.0 Å². The number of halogens is 4. The van der Waals surface area contributed by atoms with Gasteiger partial charge in [-0.05, 0) is 53.2 Å². The monoisotopic (exact) mass is 492 g/mol. The Kier molecular flexibility index (Phi) is 5.46. The summed E-state index contributed by atoms with van der Waals surface area (Å²) in [5.41, 5.74) is 0.691. The van der Waals surface area contributed by atoms with E-state index in [4.69, 9.17) is 11.6 Å². The van der Waals surface area contributed by atoms with Crippen LogP contribution in [0.1, 0.15) is 16.7 Å². The molecule has 1 N–H and O–H groups in total. The Balaban J connectivity index is 1.38. The number of rotatable bonds is 3. The summed E-state index contributed by atoms with van der Waals surface area (Å²) in [4.78, 5) is 18.6. The Hall–Kier alpha value is -2.82. The van der Waals surface area contributed by atoms with Gasteiger partial charge in [-0.15, -0.1) is 0 Å². The van der Waals surface area contributed by atoms with Crippen molar-refractivity contribution in [2.75, 3.05) is 13.1 Å². The number of likely N-dealkylation sites (tertiary alicyclic amines) is 1. The van der Waals surface area contributed by atoms with Crippen LogP contribution in [0.3, 0.4) is 0 Å². The van der Waals surface area contributed by atoms with Gasteiger partial charge >= 0.3 is 6.18 Å². The highest BCUT2D eigenvalue weighted by Crippen LogP contribution is 2.35. The van der Waals surface area contributed by atoms with E-state index in [1.807, 2.05) is 11.0 Å². The summed E-state index contributed by atoms with van der Waals surface area (Å²) >= 11 is 7.02. The average molecular weight is 493 g/mol. The fraction of sp³-hybridized carbons (Fsp3) is 0.227. The number of alkyl halides is 3. The number of fused-ring (bicyclic) bond motifs is 1. The lowest BCUT2D eigenvalue weighted by Crippen LogP contribution is -2.52. The average Bonchev–Trinajstić information content (AvgIpc) is 3.29. The molecular weight excluding hydrogens is 477 g/mol. The number of aliphatic hydroxyl groups is 1. The third-order valence-electron chi connectivity index (χ3n) is 5.40. The van der Waals surface area contributed by atoms with Crippen LogP contribution in [-0.4, -0.2) is 50.1 Å². The summed E-state index contributed by atoms with van der Waals surface area (Å²) in [6, 6.07) is 9.05. The predicted octanol–water partition coefficient (Wildman–Crippen LogP) is 4.40.